The summed E-state index contributed by atoms with van der Waals surface area (Å²) in [7, 11) is 0. The number of nitrogens with two attached hydrogens (primary N) is 1. The van der Waals surface area contributed by atoms with Gasteiger partial charge in [-0.1, -0.05) is 17.3 Å². The topological polar surface area (TPSA) is 86.6 Å². The maximum absolute atomic E-state index is 5.87. The number of hydrogen-bond acceptors (Lipinski definition) is 7. The van der Waals surface area contributed by atoms with Crippen molar-refractivity contribution in [1.29, 1.82) is 0 Å². The van der Waals surface area contributed by atoms with Gasteiger partial charge in [0.1, 0.15) is 13.2 Å². The smallest absolute Gasteiger partial charge is 0.240 e. The largest absolute Gasteiger partial charge is 0.486 e. The number of nitrogens with zero attached hydrogens (tertiary/aromatic N) is 3. The van der Waals surface area contributed by atoms with E-state index in [0.29, 0.717) is 31.5 Å². The third-order valence-corrected chi connectivity index (χ3v) is 4.35. The fourth-order valence-electron chi connectivity index (χ4n) is 3.35. The summed E-state index contributed by atoms with van der Waals surface area (Å²) in [6.45, 7) is 3.13. The molecule has 1 aromatic carbocycles. The van der Waals surface area contributed by atoms with Crippen LogP contribution < -0.4 is 15.2 Å². The highest BCUT2D eigenvalue weighted by Crippen LogP contribution is 2.43. The summed E-state index contributed by atoms with van der Waals surface area (Å²) in [6.07, 6.45) is 2.22. The van der Waals surface area contributed by atoms with Crippen LogP contribution in [0.15, 0.2) is 22.7 Å². The van der Waals surface area contributed by atoms with E-state index in [1.54, 1.807) is 0 Å². The Hall–Kier alpha value is -2.12. The van der Waals surface area contributed by atoms with Gasteiger partial charge in [-0.3, -0.25) is 4.90 Å². The lowest BCUT2D eigenvalue weighted by Gasteiger charge is -2.28. The minimum absolute atomic E-state index is 0.272. The fourth-order valence-corrected chi connectivity index (χ4v) is 3.35. The van der Waals surface area contributed by atoms with Crippen molar-refractivity contribution in [2.45, 2.75) is 32.0 Å². The zero-order valence-electron chi connectivity index (χ0n) is 12.9. The molecule has 4 rings (SSSR count). The average molecular weight is 316 g/mol. The monoisotopic (exact) mass is 316 g/mol. The van der Waals surface area contributed by atoms with E-state index in [1.165, 1.54) is 5.56 Å². The van der Waals surface area contributed by atoms with Crippen LogP contribution in [-0.4, -0.2) is 34.8 Å². The second kappa shape index (κ2) is 6.17. The molecule has 1 fully saturated rings. The third kappa shape index (κ3) is 2.77. The molecule has 7 heteroatoms. The summed E-state index contributed by atoms with van der Waals surface area (Å²) in [5.41, 5.74) is 6.71. The number of aromatic nitrogens is 2. The van der Waals surface area contributed by atoms with Crippen LogP contribution in [-0.2, 0) is 13.1 Å². The van der Waals surface area contributed by atoms with Crippen molar-refractivity contribution in [3.8, 4) is 11.5 Å². The molecule has 1 unspecified atom stereocenters. The number of ether oxygens (including phenoxy) is 2. The highest BCUT2D eigenvalue weighted by Gasteiger charge is 2.31. The second-order valence-corrected chi connectivity index (χ2v) is 5.81. The Morgan fingerprint density at radius 2 is 2.17 bits per heavy atom. The van der Waals surface area contributed by atoms with Gasteiger partial charge in [0.15, 0.2) is 17.3 Å². The van der Waals surface area contributed by atoms with Crippen LogP contribution in [0.3, 0.4) is 0 Å². The summed E-state index contributed by atoms with van der Waals surface area (Å²) in [6, 6.07) is 6.40. The molecule has 122 valence electrons. The fraction of sp³-hybridized carbons (Fsp3) is 0.500. The van der Waals surface area contributed by atoms with Gasteiger partial charge in [-0.25, -0.2) is 0 Å². The van der Waals surface area contributed by atoms with E-state index in [0.717, 1.165) is 30.9 Å². The molecule has 0 amide bonds. The first kappa shape index (κ1) is 14.5. The Labute approximate surface area is 134 Å². The summed E-state index contributed by atoms with van der Waals surface area (Å²) in [5, 5.41) is 4.00. The van der Waals surface area contributed by atoms with Crippen LogP contribution in [0.4, 0.5) is 0 Å². The Morgan fingerprint density at radius 1 is 1.26 bits per heavy atom. The minimum atomic E-state index is 0.272. The van der Waals surface area contributed by atoms with Gasteiger partial charge >= 0.3 is 0 Å². The Morgan fingerprint density at radius 3 is 3.04 bits per heavy atom. The molecule has 23 heavy (non-hydrogen) atoms. The number of benzene rings is 1. The van der Waals surface area contributed by atoms with Gasteiger partial charge in [-0.05, 0) is 25.5 Å². The normalized spacial score (nSPS) is 20.8. The maximum Gasteiger partial charge on any atom is 0.240 e. The molecular formula is C16H20N4O3. The first-order chi connectivity index (χ1) is 11.3. The molecule has 2 aliphatic heterocycles. The van der Waals surface area contributed by atoms with E-state index in [1.807, 2.05) is 12.1 Å². The van der Waals surface area contributed by atoms with Crippen molar-refractivity contribution in [3.05, 3.63) is 35.5 Å². The van der Waals surface area contributed by atoms with Crippen molar-refractivity contribution in [1.82, 2.24) is 15.0 Å². The Kier molecular flexibility index (Phi) is 3.88. The van der Waals surface area contributed by atoms with E-state index in [9.17, 15) is 0 Å². The van der Waals surface area contributed by atoms with Crippen molar-refractivity contribution in [2.75, 3.05) is 19.8 Å². The van der Waals surface area contributed by atoms with Gasteiger partial charge in [0.2, 0.25) is 5.89 Å². The third-order valence-electron chi connectivity index (χ3n) is 4.35. The van der Waals surface area contributed by atoms with Crippen molar-refractivity contribution < 1.29 is 14.0 Å². The Bertz CT molecular complexity index is 688. The molecule has 7 nitrogen and oxygen atoms in total. The summed E-state index contributed by atoms with van der Waals surface area (Å²) in [4.78, 5) is 6.67. The second-order valence-electron chi connectivity index (χ2n) is 5.81. The van der Waals surface area contributed by atoms with E-state index < -0.39 is 0 Å². The lowest BCUT2D eigenvalue weighted by molar-refractivity contribution is 0.163. The standard InChI is InChI=1S/C16H20N4O3/c17-9-15-18-14(19-23-15)10-20-6-2-4-12(20)11-3-1-5-13-16(11)22-8-7-21-13/h1,3,5,12H,2,4,6-10,17H2. The van der Waals surface area contributed by atoms with Crippen LogP contribution >= 0.6 is 0 Å². The van der Waals surface area contributed by atoms with E-state index in [4.69, 9.17) is 19.7 Å². The first-order valence-corrected chi connectivity index (χ1v) is 7.99. The molecule has 0 bridgehead atoms. The van der Waals surface area contributed by atoms with Crippen molar-refractivity contribution in [2.24, 2.45) is 5.73 Å². The first-order valence-electron chi connectivity index (χ1n) is 7.99. The van der Waals surface area contributed by atoms with Crippen molar-refractivity contribution >= 4 is 0 Å². The lowest BCUT2D eigenvalue weighted by Crippen LogP contribution is -2.25. The quantitative estimate of drug-likeness (QED) is 0.917. The number of para-hydroxylation sites is 1. The predicted molar refractivity (Wildman–Crippen MR) is 82.0 cm³/mol. The average Bonchev–Trinajstić information content (AvgIpc) is 3.24. The van der Waals surface area contributed by atoms with Crippen LogP contribution in [0.25, 0.3) is 0 Å². The van der Waals surface area contributed by atoms with Crippen LogP contribution in [0.5, 0.6) is 11.5 Å². The van der Waals surface area contributed by atoms with Crippen LogP contribution in [0.2, 0.25) is 0 Å². The number of hydrogen-bond donors (Lipinski definition) is 1. The molecule has 0 saturated carbocycles. The highest BCUT2D eigenvalue weighted by atomic mass is 16.6. The lowest BCUT2D eigenvalue weighted by atomic mass is 10.0. The van der Waals surface area contributed by atoms with Gasteiger partial charge in [0, 0.05) is 11.6 Å². The van der Waals surface area contributed by atoms with Gasteiger partial charge in [0.05, 0.1) is 13.1 Å². The Balaban J connectivity index is 1.58. The zero-order chi connectivity index (χ0) is 15.6. The van der Waals surface area contributed by atoms with Gasteiger partial charge in [-0.15, -0.1) is 0 Å². The minimum Gasteiger partial charge on any atom is -0.486 e. The summed E-state index contributed by atoms with van der Waals surface area (Å²) >= 11 is 0. The molecule has 0 aliphatic carbocycles. The molecule has 1 aromatic heterocycles. The number of rotatable bonds is 4. The molecule has 1 saturated heterocycles. The van der Waals surface area contributed by atoms with E-state index in [2.05, 4.69) is 21.1 Å². The van der Waals surface area contributed by atoms with Gasteiger partial charge < -0.3 is 19.7 Å². The molecule has 3 heterocycles. The number of fused-ring (bicyclic) bond motifs is 1. The zero-order valence-corrected chi connectivity index (χ0v) is 12.9. The van der Waals surface area contributed by atoms with Gasteiger partial charge in [0.25, 0.3) is 0 Å². The molecular weight excluding hydrogens is 296 g/mol. The molecule has 2 N–H and O–H groups in total. The molecule has 2 aliphatic rings. The predicted octanol–water partition coefficient (Wildman–Crippen LogP) is 1.64. The van der Waals surface area contributed by atoms with E-state index >= 15 is 0 Å². The summed E-state index contributed by atoms with van der Waals surface area (Å²) in [5.74, 6) is 2.88. The summed E-state index contributed by atoms with van der Waals surface area (Å²) < 4.78 is 16.7. The van der Waals surface area contributed by atoms with Crippen molar-refractivity contribution in [3.63, 3.8) is 0 Å². The van der Waals surface area contributed by atoms with Crippen LogP contribution in [0.1, 0.15) is 36.2 Å². The molecule has 2 aromatic rings. The molecule has 1 atom stereocenters. The molecule has 0 spiro atoms. The van der Waals surface area contributed by atoms with Gasteiger partial charge in [-0.2, -0.15) is 4.98 Å². The SMILES string of the molecule is NCc1nc(CN2CCCC2c2cccc3c2OCCO3)no1. The number of likely N-dealkylation sites (tertiary alicyclic amines) is 1. The maximum atomic E-state index is 5.87. The highest BCUT2D eigenvalue weighted by molar-refractivity contribution is 5.49. The van der Waals surface area contributed by atoms with E-state index in [-0.39, 0.29) is 12.6 Å². The van der Waals surface area contributed by atoms with Crippen LogP contribution in [0, 0.1) is 0 Å². The molecule has 0 radical (unpaired) electrons.